The van der Waals surface area contributed by atoms with Gasteiger partial charge in [0.1, 0.15) is 0 Å². The average molecular weight is 414 g/mol. The summed E-state index contributed by atoms with van der Waals surface area (Å²) in [6.45, 7) is 1.75. The lowest BCUT2D eigenvalue weighted by Gasteiger charge is -2.38. The Morgan fingerprint density at radius 3 is 2.59 bits per heavy atom. The highest BCUT2D eigenvalue weighted by Crippen LogP contribution is 2.35. The maximum atomic E-state index is 12.4. The molecule has 0 radical (unpaired) electrons. The maximum Gasteiger partial charge on any atom is 0.221 e. The summed E-state index contributed by atoms with van der Waals surface area (Å²) in [5.74, 6) is -0.263. The van der Waals surface area contributed by atoms with Crippen LogP contribution in [0.15, 0.2) is 24.3 Å². The third-order valence-electron chi connectivity index (χ3n) is 5.93. The summed E-state index contributed by atoms with van der Waals surface area (Å²) in [5, 5.41) is 3.39. The van der Waals surface area contributed by atoms with Crippen molar-refractivity contribution in [1.29, 1.82) is 0 Å². The molecule has 1 N–H and O–H groups in total. The van der Waals surface area contributed by atoms with Crippen molar-refractivity contribution in [1.82, 2.24) is 5.32 Å². The zero-order valence-electron chi connectivity index (χ0n) is 15.6. The highest BCUT2D eigenvalue weighted by Gasteiger charge is 2.35. The van der Waals surface area contributed by atoms with Gasteiger partial charge in [-0.3, -0.25) is 4.79 Å². The zero-order valence-corrected chi connectivity index (χ0v) is 17.2. The third-order valence-corrected chi connectivity index (χ3v) is 8.43. The number of halogens is 1. The van der Waals surface area contributed by atoms with Crippen molar-refractivity contribution < 1.29 is 17.9 Å². The fourth-order valence-electron chi connectivity index (χ4n) is 4.15. The fourth-order valence-corrected chi connectivity index (χ4v) is 6.20. The molecule has 1 heterocycles. The standard InChI is InChI=1S/C20H28ClNO4S/c21-17-5-3-4-16(14-17)20(9-11-26-12-10-20)15-22-19(23)8-13-27(24,25)18-6-1-2-7-18/h3-5,14,18H,1-2,6-13,15H2,(H,22,23). The Kier molecular flexibility index (Phi) is 6.82. The molecule has 2 aliphatic rings. The molecule has 1 aromatic rings. The molecule has 1 aromatic carbocycles. The van der Waals surface area contributed by atoms with Crippen molar-refractivity contribution in [2.75, 3.05) is 25.5 Å². The number of carbonyl (C=O) groups is 1. The third kappa shape index (κ3) is 5.24. The topological polar surface area (TPSA) is 72.5 Å². The summed E-state index contributed by atoms with van der Waals surface area (Å²) in [7, 11) is -3.17. The van der Waals surface area contributed by atoms with Crippen LogP contribution in [0.25, 0.3) is 0 Å². The van der Waals surface area contributed by atoms with Crippen LogP contribution in [0.3, 0.4) is 0 Å². The Balaban J connectivity index is 1.59. The summed E-state index contributed by atoms with van der Waals surface area (Å²) >= 11 is 6.17. The van der Waals surface area contributed by atoms with Gasteiger partial charge in [0.05, 0.1) is 11.0 Å². The number of hydrogen-bond donors (Lipinski definition) is 1. The molecule has 1 saturated heterocycles. The Hall–Kier alpha value is -1.11. The van der Waals surface area contributed by atoms with Crippen molar-refractivity contribution in [3.05, 3.63) is 34.9 Å². The van der Waals surface area contributed by atoms with E-state index in [1.807, 2.05) is 24.3 Å². The van der Waals surface area contributed by atoms with E-state index in [4.69, 9.17) is 16.3 Å². The predicted octanol–water partition coefficient (Wildman–Crippen LogP) is 3.25. The van der Waals surface area contributed by atoms with Gasteiger partial charge in [-0.25, -0.2) is 8.42 Å². The molecule has 1 amide bonds. The molecule has 0 aromatic heterocycles. The molecule has 0 spiro atoms. The molecular weight excluding hydrogens is 386 g/mol. The first-order chi connectivity index (χ1) is 12.9. The van der Waals surface area contributed by atoms with Gasteiger partial charge >= 0.3 is 0 Å². The molecular formula is C20H28ClNO4S. The molecule has 150 valence electrons. The number of nitrogens with one attached hydrogen (secondary N) is 1. The predicted molar refractivity (Wildman–Crippen MR) is 107 cm³/mol. The van der Waals surface area contributed by atoms with Gasteiger partial charge in [0, 0.05) is 36.6 Å². The first-order valence-electron chi connectivity index (χ1n) is 9.73. The highest BCUT2D eigenvalue weighted by molar-refractivity contribution is 7.92. The molecule has 2 fully saturated rings. The number of benzene rings is 1. The van der Waals surface area contributed by atoms with Gasteiger partial charge in [0.15, 0.2) is 9.84 Å². The van der Waals surface area contributed by atoms with Gasteiger partial charge in [-0.1, -0.05) is 36.6 Å². The number of ether oxygens (including phenoxy) is 1. The Morgan fingerprint density at radius 1 is 1.22 bits per heavy atom. The Bertz CT molecular complexity index is 753. The first-order valence-corrected chi connectivity index (χ1v) is 11.8. The van der Waals surface area contributed by atoms with Crippen LogP contribution in [0.5, 0.6) is 0 Å². The van der Waals surface area contributed by atoms with Gasteiger partial charge in [-0.05, 0) is 43.4 Å². The summed E-state index contributed by atoms with van der Waals surface area (Å²) < 4.78 is 30.2. The van der Waals surface area contributed by atoms with Crippen LogP contribution in [0.4, 0.5) is 0 Å². The van der Waals surface area contributed by atoms with Crippen LogP contribution in [-0.2, 0) is 24.8 Å². The largest absolute Gasteiger partial charge is 0.381 e. The summed E-state index contributed by atoms with van der Waals surface area (Å²) in [6, 6.07) is 7.74. The lowest BCUT2D eigenvalue weighted by Crippen LogP contribution is -2.45. The van der Waals surface area contributed by atoms with E-state index in [-0.39, 0.29) is 28.7 Å². The van der Waals surface area contributed by atoms with Crippen molar-refractivity contribution in [3.8, 4) is 0 Å². The minimum atomic E-state index is -3.17. The van der Waals surface area contributed by atoms with Crippen molar-refractivity contribution in [2.45, 2.75) is 55.6 Å². The van der Waals surface area contributed by atoms with E-state index < -0.39 is 9.84 Å². The number of rotatable bonds is 7. The normalized spacial score (nSPS) is 20.5. The van der Waals surface area contributed by atoms with E-state index in [2.05, 4.69) is 5.32 Å². The molecule has 7 heteroatoms. The molecule has 0 bridgehead atoms. The van der Waals surface area contributed by atoms with Crippen LogP contribution >= 0.6 is 11.6 Å². The molecule has 1 saturated carbocycles. The highest BCUT2D eigenvalue weighted by atomic mass is 35.5. The van der Waals surface area contributed by atoms with E-state index in [1.54, 1.807) is 0 Å². The molecule has 1 aliphatic heterocycles. The minimum Gasteiger partial charge on any atom is -0.381 e. The summed E-state index contributed by atoms with van der Waals surface area (Å²) in [5.41, 5.74) is 0.875. The number of sulfone groups is 1. The zero-order chi connectivity index (χ0) is 19.3. The van der Waals surface area contributed by atoms with Gasteiger partial charge in [0.2, 0.25) is 5.91 Å². The molecule has 27 heavy (non-hydrogen) atoms. The van der Waals surface area contributed by atoms with E-state index >= 15 is 0 Å². The van der Waals surface area contributed by atoms with Crippen LogP contribution in [0.2, 0.25) is 5.02 Å². The first kappa shape index (κ1) is 20.6. The van der Waals surface area contributed by atoms with Crippen LogP contribution in [-0.4, -0.2) is 45.1 Å². The van der Waals surface area contributed by atoms with Gasteiger partial charge in [-0.15, -0.1) is 0 Å². The van der Waals surface area contributed by atoms with Gasteiger partial charge < -0.3 is 10.1 Å². The van der Waals surface area contributed by atoms with E-state index in [9.17, 15) is 13.2 Å². The second-order valence-corrected chi connectivity index (χ2v) is 10.5. The lowest BCUT2D eigenvalue weighted by molar-refractivity contribution is -0.121. The van der Waals surface area contributed by atoms with E-state index in [0.717, 1.165) is 44.1 Å². The van der Waals surface area contributed by atoms with E-state index in [1.165, 1.54) is 0 Å². The second kappa shape index (κ2) is 8.93. The Morgan fingerprint density at radius 2 is 1.93 bits per heavy atom. The van der Waals surface area contributed by atoms with Crippen LogP contribution < -0.4 is 5.32 Å². The van der Waals surface area contributed by atoms with Gasteiger partial charge in [0.25, 0.3) is 0 Å². The minimum absolute atomic E-state index is 0.0287. The number of hydrogen-bond acceptors (Lipinski definition) is 4. The number of amides is 1. The summed E-state index contributed by atoms with van der Waals surface area (Å²) in [4.78, 5) is 12.4. The average Bonchev–Trinajstić information content (AvgIpc) is 3.21. The molecule has 0 atom stereocenters. The monoisotopic (exact) mass is 413 g/mol. The van der Waals surface area contributed by atoms with Crippen molar-refractivity contribution in [2.24, 2.45) is 0 Å². The van der Waals surface area contributed by atoms with Crippen molar-refractivity contribution >= 4 is 27.3 Å². The Labute approximate surface area is 166 Å². The van der Waals surface area contributed by atoms with E-state index in [0.29, 0.717) is 24.8 Å². The van der Waals surface area contributed by atoms with Gasteiger partial charge in [-0.2, -0.15) is 0 Å². The lowest BCUT2D eigenvalue weighted by atomic mass is 9.74. The number of carbonyl (C=O) groups excluding carboxylic acids is 1. The molecule has 0 unspecified atom stereocenters. The smallest absolute Gasteiger partial charge is 0.221 e. The second-order valence-electron chi connectivity index (χ2n) is 7.70. The fraction of sp³-hybridized carbons (Fsp3) is 0.650. The molecule has 5 nitrogen and oxygen atoms in total. The molecule has 3 rings (SSSR count). The quantitative estimate of drug-likeness (QED) is 0.744. The van der Waals surface area contributed by atoms with Crippen LogP contribution in [0.1, 0.15) is 50.5 Å². The molecule has 1 aliphatic carbocycles. The van der Waals surface area contributed by atoms with Crippen molar-refractivity contribution in [3.63, 3.8) is 0 Å². The maximum absolute atomic E-state index is 12.4. The van der Waals surface area contributed by atoms with Crippen LogP contribution in [0, 0.1) is 0 Å². The summed E-state index contributed by atoms with van der Waals surface area (Å²) in [6.07, 6.45) is 5.05. The SMILES string of the molecule is O=C(CCS(=O)(=O)C1CCCC1)NCC1(c2cccc(Cl)c2)CCOCC1.